The van der Waals surface area contributed by atoms with Crippen molar-refractivity contribution in [2.75, 3.05) is 0 Å². The molecule has 138 valence electrons. The summed E-state index contributed by atoms with van der Waals surface area (Å²) < 4.78 is 6.40. The van der Waals surface area contributed by atoms with E-state index in [1.165, 1.54) is 10.8 Å². The van der Waals surface area contributed by atoms with Crippen LogP contribution < -0.4 is 4.74 Å². The third kappa shape index (κ3) is 2.36. The number of phenols is 1. The second-order valence-corrected chi connectivity index (χ2v) is 7.49. The molecular weight excluding hydrogens is 356 g/mol. The predicted octanol–water partition coefficient (Wildman–Crippen LogP) is 6.98. The highest BCUT2D eigenvalue weighted by Gasteiger charge is 2.33. The Hall–Kier alpha value is -3.78. The first-order valence-corrected chi connectivity index (χ1v) is 9.80. The molecule has 5 aromatic carbocycles. The van der Waals surface area contributed by atoms with E-state index in [1.54, 1.807) is 6.07 Å². The van der Waals surface area contributed by atoms with Gasteiger partial charge in [-0.3, -0.25) is 0 Å². The van der Waals surface area contributed by atoms with E-state index in [-0.39, 0.29) is 5.92 Å². The van der Waals surface area contributed by atoms with Crippen molar-refractivity contribution in [1.29, 1.82) is 0 Å². The molecule has 0 aliphatic carbocycles. The molecule has 2 nitrogen and oxygen atoms in total. The first-order chi connectivity index (χ1) is 14.3. The van der Waals surface area contributed by atoms with E-state index in [4.69, 9.17) is 4.74 Å². The molecule has 6 rings (SSSR count). The Bertz CT molecular complexity index is 1320. The molecule has 0 atom stereocenters. The fourth-order valence-electron chi connectivity index (χ4n) is 4.63. The van der Waals surface area contributed by atoms with Crippen molar-refractivity contribution in [3.8, 4) is 17.2 Å². The zero-order valence-corrected chi connectivity index (χ0v) is 15.7. The van der Waals surface area contributed by atoms with Crippen LogP contribution in [0.15, 0.2) is 97.1 Å². The smallest absolute Gasteiger partial charge is 0.132 e. The van der Waals surface area contributed by atoms with E-state index in [9.17, 15) is 5.11 Å². The molecule has 0 unspecified atom stereocenters. The SMILES string of the molecule is Oc1ccccc1C1c2c(ccc3ccccc23)Oc2ccc3ccccc3c21. The molecule has 5 aromatic rings. The van der Waals surface area contributed by atoms with E-state index < -0.39 is 0 Å². The minimum atomic E-state index is -0.118. The molecule has 1 aliphatic rings. The molecule has 0 fully saturated rings. The summed E-state index contributed by atoms with van der Waals surface area (Å²) >= 11 is 0. The van der Waals surface area contributed by atoms with Crippen molar-refractivity contribution < 1.29 is 9.84 Å². The van der Waals surface area contributed by atoms with E-state index in [0.717, 1.165) is 39.0 Å². The lowest BCUT2D eigenvalue weighted by molar-refractivity contribution is 0.446. The summed E-state index contributed by atoms with van der Waals surface area (Å²) in [5.41, 5.74) is 3.10. The molecule has 0 spiro atoms. The number of fused-ring (bicyclic) bond motifs is 6. The van der Waals surface area contributed by atoms with Crippen molar-refractivity contribution in [2.24, 2.45) is 0 Å². The Morgan fingerprint density at radius 3 is 1.66 bits per heavy atom. The molecule has 1 aliphatic heterocycles. The first kappa shape index (κ1) is 16.2. The van der Waals surface area contributed by atoms with Crippen LogP contribution in [0.25, 0.3) is 21.5 Å². The molecule has 0 amide bonds. The maximum atomic E-state index is 10.8. The van der Waals surface area contributed by atoms with E-state index in [1.807, 2.05) is 30.3 Å². The lowest BCUT2D eigenvalue weighted by atomic mass is 9.78. The highest BCUT2D eigenvalue weighted by Crippen LogP contribution is 2.53. The Labute approximate surface area is 168 Å². The van der Waals surface area contributed by atoms with Crippen LogP contribution in [-0.2, 0) is 0 Å². The summed E-state index contributed by atoms with van der Waals surface area (Å²) in [5, 5.41) is 15.4. The van der Waals surface area contributed by atoms with Gasteiger partial charge in [0, 0.05) is 22.6 Å². The van der Waals surface area contributed by atoms with Gasteiger partial charge in [-0.1, -0.05) is 78.9 Å². The van der Waals surface area contributed by atoms with Gasteiger partial charge in [0.15, 0.2) is 0 Å². The monoisotopic (exact) mass is 374 g/mol. The molecule has 0 aromatic heterocycles. The van der Waals surface area contributed by atoms with E-state index in [0.29, 0.717) is 5.75 Å². The standard InChI is InChI=1S/C27H18O2/c28-22-12-6-5-11-21(22)27-25-19-9-3-1-7-17(19)13-15-23(25)29-24-16-14-18-8-2-4-10-20(18)26(24)27/h1-16,27-28H. The van der Waals surface area contributed by atoms with Crippen LogP contribution in [0.2, 0.25) is 0 Å². The van der Waals surface area contributed by atoms with Crippen molar-refractivity contribution >= 4 is 21.5 Å². The second-order valence-electron chi connectivity index (χ2n) is 7.49. The van der Waals surface area contributed by atoms with Gasteiger partial charge >= 0.3 is 0 Å². The number of ether oxygens (including phenoxy) is 1. The van der Waals surface area contributed by atoms with Gasteiger partial charge in [0.1, 0.15) is 17.2 Å². The van der Waals surface area contributed by atoms with Crippen LogP contribution in [0.3, 0.4) is 0 Å². The van der Waals surface area contributed by atoms with Gasteiger partial charge in [0.05, 0.1) is 0 Å². The van der Waals surface area contributed by atoms with Crippen molar-refractivity contribution in [3.63, 3.8) is 0 Å². The number of hydrogen-bond acceptors (Lipinski definition) is 2. The molecule has 2 heteroatoms. The highest BCUT2D eigenvalue weighted by atomic mass is 16.5. The van der Waals surface area contributed by atoms with Gasteiger partial charge in [0.2, 0.25) is 0 Å². The zero-order valence-electron chi connectivity index (χ0n) is 15.7. The van der Waals surface area contributed by atoms with Crippen LogP contribution >= 0.6 is 0 Å². The summed E-state index contributed by atoms with van der Waals surface area (Å²) in [5.74, 6) is 1.88. The van der Waals surface area contributed by atoms with Gasteiger partial charge in [-0.25, -0.2) is 0 Å². The van der Waals surface area contributed by atoms with Crippen LogP contribution in [0.4, 0.5) is 0 Å². The van der Waals surface area contributed by atoms with Gasteiger partial charge in [-0.15, -0.1) is 0 Å². The minimum absolute atomic E-state index is 0.118. The fourth-order valence-corrected chi connectivity index (χ4v) is 4.63. The Kier molecular flexibility index (Phi) is 3.41. The van der Waals surface area contributed by atoms with Crippen molar-refractivity contribution in [1.82, 2.24) is 0 Å². The Morgan fingerprint density at radius 1 is 0.552 bits per heavy atom. The average Bonchev–Trinajstić information content (AvgIpc) is 2.78. The lowest BCUT2D eigenvalue weighted by Gasteiger charge is -2.31. The first-order valence-electron chi connectivity index (χ1n) is 9.80. The number of benzene rings is 5. The zero-order chi connectivity index (χ0) is 19.4. The maximum Gasteiger partial charge on any atom is 0.132 e. The van der Waals surface area contributed by atoms with Crippen LogP contribution in [0, 0.1) is 0 Å². The molecule has 0 saturated heterocycles. The second kappa shape index (κ2) is 6.11. The van der Waals surface area contributed by atoms with Crippen LogP contribution in [-0.4, -0.2) is 5.11 Å². The predicted molar refractivity (Wildman–Crippen MR) is 117 cm³/mol. The third-order valence-corrected chi connectivity index (χ3v) is 5.91. The fraction of sp³-hybridized carbons (Fsp3) is 0.0370. The normalized spacial score (nSPS) is 13.1. The Morgan fingerprint density at radius 2 is 1.07 bits per heavy atom. The maximum absolute atomic E-state index is 10.8. The number of hydrogen-bond donors (Lipinski definition) is 1. The molecule has 0 bridgehead atoms. The summed E-state index contributed by atoms with van der Waals surface area (Å²) in [7, 11) is 0. The largest absolute Gasteiger partial charge is 0.508 e. The Balaban J connectivity index is 1.78. The molecule has 0 radical (unpaired) electrons. The number of aromatic hydroxyl groups is 1. The van der Waals surface area contributed by atoms with Crippen LogP contribution in [0.1, 0.15) is 22.6 Å². The van der Waals surface area contributed by atoms with Crippen molar-refractivity contribution in [3.05, 3.63) is 114 Å². The quantitative estimate of drug-likeness (QED) is 0.336. The molecule has 29 heavy (non-hydrogen) atoms. The topological polar surface area (TPSA) is 29.5 Å². The average molecular weight is 374 g/mol. The summed E-state index contributed by atoms with van der Waals surface area (Å²) in [6.45, 7) is 0. The third-order valence-electron chi connectivity index (χ3n) is 5.91. The number of para-hydroxylation sites is 1. The van der Waals surface area contributed by atoms with E-state index in [2.05, 4.69) is 60.7 Å². The van der Waals surface area contributed by atoms with Gasteiger partial charge in [-0.2, -0.15) is 0 Å². The lowest BCUT2D eigenvalue weighted by Crippen LogP contribution is -2.13. The van der Waals surface area contributed by atoms with E-state index >= 15 is 0 Å². The molecule has 1 heterocycles. The molecule has 0 saturated carbocycles. The molecule has 1 N–H and O–H groups in total. The summed E-state index contributed by atoms with van der Waals surface area (Å²) in [6, 6.07) is 32.7. The van der Waals surface area contributed by atoms with Gasteiger partial charge in [0.25, 0.3) is 0 Å². The number of rotatable bonds is 1. The van der Waals surface area contributed by atoms with Gasteiger partial charge < -0.3 is 9.84 Å². The van der Waals surface area contributed by atoms with Crippen molar-refractivity contribution in [2.45, 2.75) is 5.92 Å². The molecular formula is C27H18O2. The summed E-state index contributed by atoms with van der Waals surface area (Å²) in [6.07, 6.45) is 0. The van der Waals surface area contributed by atoms with Gasteiger partial charge in [-0.05, 0) is 39.7 Å². The highest BCUT2D eigenvalue weighted by molar-refractivity contribution is 5.95. The number of phenolic OH excluding ortho intramolecular Hbond substituents is 1. The summed E-state index contributed by atoms with van der Waals surface area (Å²) in [4.78, 5) is 0. The van der Waals surface area contributed by atoms with Crippen LogP contribution in [0.5, 0.6) is 17.2 Å². The minimum Gasteiger partial charge on any atom is -0.508 e.